The standard InChI is InChI=1S/C21H16O5/c1-12-15(9-14-5-3-4-6-18(14)24-12)10-20-21(23)17-8-7-16(25-13(2)22)11-19(17)26-20/h3-12H,1-2H3/t12-/m1/s1. The third-order valence-corrected chi connectivity index (χ3v) is 4.22. The van der Waals surface area contributed by atoms with E-state index in [0.29, 0.717) is 17.1 Å². The highest BCUT2D eigenvalue weighted by Crippen LogP contribution is 2.36. The van der Waals surface area contributed by atoms with Crippen LogP contribution in [0.4, 0.5) is 0 Å². The fourth-order valence-electron chi connectivity index (χ4n) is 2.97. The van der Waals surface area contributed by atoms with Crippen LogP contribution in [0.15, 0.2) is 59.9 Å². The molecule has 0 bridgehead atoms. The first-order valence-corrected chi connectivity index (χ1v) is 8.25. The predicted octanol–water partition coefficient (Wildman–Crippen LogP) is 3.94. The summed E-state index contributed by atoms with van der Waals surface area (Å²) in [5.74, 6) is 1.12. The number of fused-ring (bicyclic) bond motifs is 2. The number of Topliss-reactive ketones (excluding diaryl/α,β-unsaturated/α-hetero) is 1. The third-order valence-electron chi connectivity index (χ3n) is 4.22. The molecule has 2 aromatic carbocycles. The number of carbonyl (C=O) groups is 2. The second kappa shape index (κ2) is 6.19. The Morgan fingerprint density at radius 1 is 1.15 bits per heavy atom. The largest absolute Gasteiger partial charge is 0.485 e. The Labute approximate surface area is 150 Å². The maximum Gasteiger partial charge on any atom is 0.308 e. The molecule has 2 aliphatic rings. The quantitative estimate of drug-likeness (QED) is 0.467. The van der Waals surface area contributed by atoms with Crippen molar-refractivity contribution in [3.05, 3.63) is 71.0 Å². The van der Waals surface area contributed by atoms with E-state index in [4.69, 9.17) is 14.2 Å². The first-order chi connectivity index (χ1) is 12.5. The molecule has 0 saturated carbocycles. The van der Waals surface area contributed by atoms with Crippen molar-refractivity contribution in [1.29, 1.82) is 0 Å². The first-order valence-electron chi connectivity index (χ1n) is 8.25. The van der Waals surface area contributed by atoms with Gasteiger partial charge in [-0.1, -0.05) is 18.2 Å². The van der Waals surface area contributed by atoms with Crippen LogP contribution in [0.5, 0.6) is 17.2 Å². The van der Waals surface area contributed by atoms with Crippen molar-refractivity contribution in [1.82, 2.24) is 0 Å². The fourth-order valence-corrected chi connectivity index (χ4v) is 2.97. The molecular formula is C21H16O5. The number of allylic oxidation sites excluding steroid dienone is 1. The van der Waals surface area contributed by atoms with Crippen LogP contribution in [0.2, 0.25) is 0 Å². The summed E-state index contributed by atoms with van der Waals surface area (Å²) in [4.78, 5) is 23.7. The number of hydrogen-bond acceptors (Lipinski definition) is 5. The zero-order valence-electron chi connectivity index (χ0n) is 14.3. The molecule has 0 aromatic heterocycles. The Morgan fingerprint density at radius 3 is 2.77 bits per heavy atom. The molecule has 0 saturated heterocycles. The Bertz CT molecular complexity index is 984. The van der Waals surface area contributed by atoms with E-state index in [9.17, 15) is 9.59 Å². The molecule has 2 heterocycles. The Kier molecular flexibility index (Phi) is 3.84. The van der Waals surface area contributed by atoms with E-state index < -0.39 is 5.97 Å². The molecule has 130 valence electrons. The highest BCUT2D eigenvalue weighted by Gasteiger charge is 2.29. The van der Waals surface area contributed by atoms with Gasteiger partial charge in [-0.05, 0) is 42.8 Å². The van der Waals surface area contributed by atoms with Crippen molar-refractivity contribution in [2.75, 3.05) is 0 Å². The highest BCUT2D eigenvalue weighted by molar-refractivity contribution is 6.12. The Morgan fingerprint density at radius 2 is 1.96 bits per heavy atom. The summed E-state index contributed by atoms with van der Waals surface area (Å²) < 4.78 is 16.6. The molecule has 0 spiro atoms. The number of hydrogen-bond donors (Lipinski definition) is 0. The van der Waals surface area contributed by atoms with E-state index in [-0.39, 0.29) is 17.6 Å². The topological polar surface area (TPSA) is 61.8 Å². The number of carbonyl (C=O) groups excluding carboxylic acids is 2. The Balaban J connectivity index is 1.66. The summed E-state index contributed by atoms with van der Waals surface area (Å²) in [7, 11) is 0. The van der Waals surface area contributed by atoms with Crippen LogP contribution < -0.4 is 14.2 Å². The molecule has 5 nitrogen and oxygen atoms in total. The number of rotatable bonds is 2. The van der Waals surface area contributed by atoms with Gasteiger partial charge in [0.15, 0.2) is 5.76 Å². The van der Waals surface area contributed by atoms with E-state index in [1.54, 1.807) is 24.3 Å². The van der Waals surface area contributed by atoms with E-state index in [1.165, 1.54) is 6.92 Å². The maximum absolute atomic E-state index is 12.6. The predicted molar refractivity (Wildman–Crippen MR) is 95.3 cm³/mol. The number of esters is 1. The lowest BCUT2D eigenvalue weighted by atomic mass is 10.0. The second-order valence-corrected chi connectivity index (χ2v) is 6.13. The molecule has 0 N–H and O–H groups in total. The van der Waals surface area contributed by atoms with E-state index in [2.05, 4.69) is 0 Å². The number of benzene rings is 2. The minimum atomic E-state index is -0.429. The number of para-hydroxylation sites is 1. The lowest BCUT2D eigenvalue weighted by molar-refractivity contribution is -0.131. The van der Waals surface area contributed by atoms with Gasteiger partial charge in [-0.25, -0.2) is 0 Å². The molecule has 26 heavy (non-hydrogen) atoms. The molecular weight excluding hydrogens is 332 g/mol. The van der Waals surface area contributed by atoms with Gasteiger partial charge in [0.25, 0.3) is 0 Å². The molecule has 1 atom stereocenters. The van der Waals surface area contributed by atoms with Gasteiger partial charge in [0.05, 0.1) is 5.56 Å². The van der Waals surface area contributed by atoms with Crippen LogP contribution in [-0.2, 0) is 4.79 Å². The van der Waals surface area contributed by atoms with Crippen molar-refractivity contribution in [3.63, 3.8) is 0 Å². The van der Waals surface area contributed by atoms with Crippen molar-refractivity contribution in [3.8, 4) is 17.2 Å². The van der Waals surface area contributed by atoms with Gasteiger partial charge in [0, 0.05) is 18.6 Å². The van der Waals surface area contributed by atoms with E-state index >= 15 is 0 Å². The number of ether oxygens (including phenoxy) is 3. The van der Waals surface area contributed by atoms with Gasteiger partial charge in [-0.15, -0.1) is 0 Å². The summed E-state index contributed by atoms with van der Waals surface area (Å²) in [6.45, 7) is 3.24. The summed E-state index contributed by atoms with van der Waals surface area (Å²) in [6.07, 6.45) is 3.49. The van der Waals surface area contributed by atoms with Gasteiger partial charge in [-0.3, -0.25) is 9.59 Å². The molecule has 4 rings (SSSR count). The highest BCUT2D eigenvalue weighted by atomic mass is 16.5. The van der Waals surface area contributed by atoms with Crippen LogP contribution in [0.25, 0.3) is 6.08 Å². The maximum atomic E-state index is 12.6. The smallest absolute Gasteiger partial charge is 0.308 e. The molecule has 0 amide bonds. The average Bonchev–Trinajstić information content (AvgIpc) is 2.90. The molecule has 0 fully saturated rings. The van der Waals surface area contributed by atoms with Gasteiger partial charge >= 0.3 is 5.97 Å². The van der Waals surface area contributed by atoms with Gasteiger partial charge < -0.3 is 14.2 Å². The lowest BCUT2D eigenvalue weighted by Crippen LogP contribution is -2.18. The van der Waals surface area contributed by atoms with E-state index in [1.807, 2.05) is 37.3 Å². The Hall–Kier alpha value is -3.34. The molecule has 0 unspecified atom stereocenters. The zero-order valence-corrected chi connectivity index (χ0v) is 14.3. The molecule has 5 heteroatoms. The summed E-state index contributed by atoms with van der Waals surface area (Å²) in [5.41, 5.74) is 2.25. The van der Waals surface area contributed by atoms with Crippen molar-refractivity contribution >= 4 is 17.8 Å². The van der Waals surface area contributed by atoms with Crippen molar-refractivity contribution < 1.29 is 23.8 Å². The fraction of sp³-hybridized carbons (Fsp3) is 0.143. The number of ketones is 1. The van der Waals surface area contributed by atoms with Crippen LogP contribution in [0.3, 0.4) is 0 Å². The second-order valence-electron chi connectivity index (χ2n) is 6.13. The summed E-state index contributed by atoms with van der Waals surface area (Å²) >= 11 is 0. The minimum Gasteiger partial charge on any atom is -0.485 e. The zero-order chi connectivity index (χ0) is 18.3. The van der Waals surface area contributed by atoms with Gasteiger partial charge in [-0.2, -0.15) is 0 Å². The first kappa shape index (κ1) is 16.1. The van der Waals surface area contributed by atoms with Crippen LogP contribution in [0, 0.1) is 0 Å². The molecule has 0 radical (unpaired) electrons. The summed E-state index contributed by atoms with van der Waals surface area (Å²) in [6, 6.07) is 12.4. The lowest BCUT2D eigenvalue weighted by Gasteiger charge is -2.22. The normalized spacial score (nSPS) is 19.2. The minimum absolute atomic E-state index is 0.200. The molecule has 2 aromatic rings. The van der Waals surface area contributed by atoms with Crippen molar-refractivity contribution in [2.45, 2.75) is 20.0 Å². The van der Waals surface area contributed by atoms with Gasteiger partial charge in [0.1, 0.15) is 23.4 Å². The van der Waals surface area contributed by atoms with Crippen molar-refractivity contribution in [2.24, 2.45) is 0 Å². The van der Waals surface area contributed by atoms with Gasteiger partial charge in [0.2, 0.25) is 5.78 Å². The SMILES string of the molecule is CC(=O)Oc1ccc2c(c1)OC(=CC1=Cc3ccccc3O[C@@H]1C)C2=O. The molecule has 0 aliphatic carbocycles. The average molecular weight is 348 g/mol. The summed E-state index contributed by atoms with van der Waals surface area (Å²) in [5, 5.41) is 0. The molecule has 2 aliphatic heterocycles. The van der Waals surface area contributed by atoms with Crippen LogP contribution >= 0.6 is 0 Å². The monoisotopic (exact) mass is 348 g/mol. The van der Waals surface area contributed by atoms with Crippen LogP contribution in [0.1, 0.15) is 29.8 Å². The van der Waals surface area contributed by atoms with E-state index in [0.717, 1.165) is 16.9 Å². The third kappa shape index (κ3) is 2.88. The van der Waals surface area contributed by atoms with Crippen LogP contribution in [-0.4, -0.2) is 17.9 Å².